The molecular weight excluding hydrogens is 334 g/mol. The third kappa shape index (κ3) is 3.15. The van der Waals surface area contributed by atoms with Gasteiger partial charge in [0.25, 0.3) is 0 Å². The van der Waals surface area contributed by atoms with E-state index in [4.69, 9.17) is 0 Å². The summed E-state index contributed by atoms with van der Waals surface area (Å²) in [4.78, 5) is 16.4. The van der Waals surface area contributed by atoms with Gasteiger partial charge in [-0.1, -0.05) is 0 Å². The zero-order valence-electron chi connectivity index (χ0n) is 13.0. The van der Waals surface area contributed by atoms with Crippen molar-refractivity contribution in [3.8, 4) is 11.3 Å². The molecule has 0 saturated heterocycles. The molecule has 0 atom stereocenters. The maximum absolute atomic E-state index is 14.8. The van der Waals surface area contributed by atoms with E-state index in [0.29, 0.717) is 6.07 Å². The third-order valence-corrected chi connectivity index (χ3v) is 3.69. The van der Waals surface area contributed by atoms with Crippen molar-refractivity contribution in [2.75, 3.05) is 0 Å². The summed E-state index contributed by atoms with van der Waals surface area (Å²) < 4.78 is 55.7. The molecule has 0 aliphatic rings. The average molecular weight is 345 g/mol. The van der Waals surface area contributed by atoms with Gasteiger partial charge in [0, 0.05) is 17.8 Å². The van der Waals surface area contributed by atoms with E-state index >= 15 is 0 Å². The number of ketones is 1. The van der Waals surface area contributed by atoms with E-state index in [1.165, 1.54) is 6.20 Å². The van der Waals surface area contributed by atoms with E-state index in [1.807, 2.05) is 0 Å². The Kier molecular flexibility index (Phi) is 4.35. The minimum atomic E-state index is -1.21. The summed E-state index contributed by atoms with van der Waals surface area (Å²) in [7, 11) is 0. The van der Waals surface area contributed by atoms with Crippen molar-refractivity contribution in [1.29, 1.82) is 0 Å². The molecule has 1 heterocycles. The molecule has 2 nitrogen and oxygen atoms in total. The summed E-state index contributed by atoms with van der Waals surface area (Å²) in [6.07, 6.45) is 1.45. The first kappa shape index (κ1) is 16.8. The molecule has 6 heteroatoms. The molecule has 0 N–H and O–H groups in total. The normalized spacial score (nSPS) is 10.8. The van der Waals surface area contributed by atoms with Crippen molar-refractivity contribution in [1.82, 2.24) is 4.98 Å². The molecule has 0 spiro atoms. The van der Waals surface area contributed by atoms with Crippen molar-refractivity contribution < 1.29 is 22.4 Å². The molecule has 0 unspecified atom stereocenters. The van der Waals surface area contributed by atoms with Crippen molar-refractivity contribution in [3.05, 3.63) is 88.6 Å². The smallest absolute Gasteiger partial charge is 0.201 e. The highest BCUT2D eigenvalue weighted by molar-refractivity contribution is 6.10. The van der Waals surface area contributed by atoms with E-state index in [0.717, 1.165) is 29.8 Å². The maximum Gasteiger partial charge on any atom is 0.201 e. The summed E-state index contributed by atoms with van der Waals surface area (Å²) in [6, 6.07) is 7.52. The number of rotatable bonds is 3. The number of aryl methyl sites for hydroxylation is 1. The second-order valence-electron chi connectivity index (χ2n) is 5.46. The second-order valence-corrected chi connectivity index (χ2v) is 5.46. The molecule has 126 valence electrons. The molecule has 0 bridgehead atoms. The monoisotopic (exact) mass is 345 g/mol. The highest BCUT2D eigenvalue weighted by Gasteiger charge is 2.25. The molecule has 0 amide bonds. The Morgan fingerprint density at radius 3 is 2.36 bits per heavy atom. The van der Waals surface area contributed by atoms with E-state index in [1.54, 1.807) is 19.1 Å². The zero-order chi connectivity index (χ0) is 18.1. The van der Waals surface area contributed by atoms with Crippen LogP contribution in [0.4, 0.5) is 17.6 Å². The Morgan fingerprint density at radius 2 is 1.68 bits per heavy atom. The second kappa shape index (κ2) is 6.47. The zero-order valence-corrected chi connectivity index (χ0v) is 13.0. The maximum atomic E-state index is 14.8. The topological polar surface area (TPSA) is 30.0 Å². The fourth-order valence-corrected chi connectivity index (χ4v) is 2.45. The number of aromatic nitrogens is 1. The lowest BCUT2D eigenvalue weighted by Gasteiger charge is -2.10. The summed E-state index contributed by atoms with van der Waals surface area (Å²) >= 11 is 0. The molecule has 25 heavy (non-hydrogen) atoms. The fraction of sp³-hybridized carbons (Fsp3) is 0.0526. The van der Waals surface area contributed by atoms with Crippen molar-refractivity contribution in [2.24, 2.45) is 0 Å². The lowest BCUT2D eigenvalue weighted by molar-refractivity contribution is 0.102. The van der Waals surface area contributed by atoms with Crippen LogP contribution >= 0.6 is 0 Å². The van der Waals surface area contributed by atoms with Gasteiger partial charge in [0.05, 0.1) is 16.8 Å². The van der Waals surface area contributed by atoms with Gasteiger partial charge < -0.3 is 0 Å². The first-order chi connectivity index (χ1) is 11.9. The first-order valence-electron chi connectivity index (χ1n) is 7.29. The molecule has 3 rings (SSSR count). The molecular formula is C19H11F4NO. The van der Waals surface area contributed by atoms with Crippen LogP contribution in [0.25, 0.3) is 11.3 Å². The molecule has 2 aromatic carbocycles. The van der Waals surface area contributed by atoms with Crippen LogP contribution in [-0.4, -0.2) is 10.8 Å². The van der Waals surface area contributed by atoms with Gasteiger partial charge in [-0.3, -0.25) is 9.78 Å². The number of carbonyl (C=O) groups is 1. The Bertz CT molecular complexity index is 985. The molecule has 0 radical (unpaired) electrons. The van der Waals surface area contributed by atoms with Crippen LogP contribution in [0, 0.1) is 30.2 Å². The van der Waals surface area contributed by atoms with Gasteiger partial charge in [-0.05, 0) is 48.9 Å². The number of nitrogens with zero attached hydrogens (tertiary/aromatic N) is 1. The summed E-state index contributed by atoms with van der Waals surface area (Å²) in [6.45, 7) is 1.77. The Labute approximate surface area is 140 Å². The number of carbonyl (C=O) groups excluding carboxylic acids is 1. The van der Waals surface area contributed by atoms with Gasteiger partial charge in [-0.15, -0.1) is 0 Å². The van der Waals surface area contributed by atoms with Crippen molar-refractivity contribution in [2.45, 2.75) is 6.92 Å². The van der Waals surface area contributed by atoms with Crippen LogP contribution in [-0.2, 0) is 0 Å². The Hall–Kier alpha value is -3.02. The number of pyridine rings is 1. The van der Waals surface area contributed by atoms with Crippen LogP contribution in [0.5, 0.6) is 0 Å². The number of benzene rings is 2. The molecule has 1 aromatic heterocycles. The predicted molar refractivity (Wildman–Crippen MR) is 84.1 cm³/mol. The minimum Gasteiger partial charge on any atom is -0.288 e. The minimum absolute atomic E-state index is 0.0871. The first-order valence-corrected chi connectivity index (χ1v) is 7.29. The average Bonchev–Trinajstić information content (AvgIpc) is 2.54. The molecule has 0 saturated carbocycles. The predicted octanol–water partition coefficient (Wildman–Crippen LogP) is 4.84. The molecule has 0 aliphatic carbocycles. The van der Waals surface area contributed by atoms with Crippen molar-refractivity contribution >= 4 is 5.78 Å². The van der Waals surface area contributed by atoms with Gasteiger partial charge in [0.15, 0.2) is 0 Å². The van der Waals surface area contributed by atoms with Crippen LogP contribution in [0.15, 0.2) is 48.7 Å². The van der Waals surface area contributed by atoms with E-state index in [9.17, 15) is 22.4 Å². The van der Waals surface area contributed by atoms with Crippen LogP contribution in [0.3, 0.4) is 0 Å². The molecule has 0 fully saturated rings. The number of halogens is 4. The van der Waals surface area contributed by atoms with Gasteiger partial charge in [-0.2, -0.15) is 0 Å². The van der Waals surface area contributed by atoms with E-state index < -0.39 is 40.2 Å². The largest absolute Gasteiger partial charge is 0.288 e. The Balaban J connectivity index is 2.16. The summed E-state index contributed by atoms with van der Waals surface area (Å²) in [5.41, 5.74) is -0.604. The fourth-order valence-electron chi connectivity index (χ4n) is 2.45. The number of hydrogen-bond donors (Lipinski definition) is 0. The highest BCUT2D eigenvalue weighted by Crippen LogP contribution is 2.28. The van der Waals surface area contributed by atoms with Gasteiger partial charge in [0.1, 0.15) is 23.3 Å². The van der Waals surface area contributed by atoms with Gasteiger partial charge in [0.2, 0.25) is 5.78 Å². The lowest BCUT2D eigenvalue weighted by atomic mass is 9.97. The SMILES string of the molecule is Cc1ccnc(-c2ccc(F)c(C(=O)c3ccc(F)cc3F)c2F)c1. The van der Waals surface area contributed by atoms with E-state index in [2.05, 4.69) is 4.98 Å². The quantitative estimate of drug-likeness (QED) is 0.502. The molecule has 0 aliphatic heterocycles. The lowest BCUT2D eigenvalue weighted by Crippen LogP contribution is -2.11. The van der Waals surface area contributed by atoms with Gasteiger partial charge in [-0.25, -0.2) is 17.6 Å². The van der Waals surface area contributed by atoms with Crippen molar-refractivity contribution in [3.63, 3.8) is 0 Å². The standard InChI is InChI=1S/C19H11F4NO/c1-10-6-7-24-16(8-10)13-4-5-14(21)17(18(13)23)19(25)12-3-2-11(20)9-15(12)22/h2-9H,1H3. The molecule has 3 aromatic rings. The van der Waals surface area contributed by atoms with Gasteiger partial charge >= 0.3 is 0 Å². The third-order valence-electron chi connectivity index (χ3n) is 3.69. The summed E-state index contributed by atoms with van der Waals surface area (Å²) in [5.74, 6) is -5.58. The van der Waals surface area contributed by atoms with Crippen LogP contribution in [0.1, 0.15) is 21.5 Å². The number of hydrogen-bond acceptors (Lipinski definition) is 2. The summed E-state index contributed by atoms with van der Waals surface area (Å²) in [5, 5.41) is 0. The van der Waals surface area contributed by atoms with Crippen LogP contribution < -0.4 is 0 Å². The van der Waals surface area contributed by atoms with Crippen LogP contribution in [0.2, 0.25) is 0 Å². The van der Waals surface area contributed by atoms with E-state index in [-0.39, 0.29) is 11.3 Å². The highest BCUT2D eigenvalue weighted by atomic mass is 19.1. The Morgan fingerprint density at radius 1 is 0.920 bits per heavy atom.